The molecule has 5 heteroatoms. The van der Waals surface area contributed by atoms with Crippen molar-refractivity contribution in [3.8, 4) is 0 Å². The fourth-order valence-electron chi connectivity index (χ4n) is 2.21. The van der Waals surface area contributed by atoms with Crippen molar-refractivity contribution in [1.29, 1.82) is 0 Å². The molecule has 0 saturated carbocycles. The van der Waals surface area contributed by atoms with Gasteiger partial charge in [0.25, 0.3) is 0 Å². The van der Waals surface area contributed by atoms with Gasteiger partial charge in [0.1, 0.15) is 0 Å². The highest BCUT2D eigenvalue weighted by atomic mass is 32.1. The molecule has 1 amide bonds. The Morgan fingerprint density at radius 3 is 2.28 bits per heavy atom. The monoisotopic (exact) mass is 271 g/mol. The van der Waals surface area contributed by atoms with Crippen molar-refractivity contribution in [3.05, 3.63) is 0 Å². The molecule has 1 atom stereocenters. The normalized spacial score (nSPS) is 20.4. The molecule has 0 aliphatic carbocycles. The number of amides is 1. The number of nitrogens with two attached hydrogens (primary N) is 1. The van der Waals surface area contributed by atoms with E-state index in [9.17, 15) is 4.79 Å². The Labute approximate surface area is 115 Å². The maximum Gasteiger partial charge on any atom is 0.237 e. The number of nitrogens with zero attached hydrogens (tertiary/aromatic N) is 1. The standard InChI is InChI=1S/C13H25N3OS/c1-9(12(17)15-13(2,3)4)16-7-5-10(6-8-16)11(14)18/h9-10H,5-8H2,1-4H3,(H2,14,18)(H,15,17). The second-order valence-electron chi connectivity index (χ2n) is 6.13. The lowest BCUT2D eigenvalue weighted by molar-refractivity contribution is -0.127. The summed E-state index contributed by atoms with van der Waals surface area (Å²) in [4.78, 5) is 14.9. The van der Waals surface area contributed by atoms with Gasteiger partial charge in [0.05, 0.1) is 11.0 Å². The molecule has 0 spiro atoms. The molecule has 1 fully saturated rings. The molecule has 104 valence electrons. The third-order valence-electron chi connectivity index (χ3n) is 3.36. The van der Waals surface area contributed by atoms with E-state index in [2.05, 4.69) is 10.2 Å². The van der Waals surface area contributed by atoms with Crippen LogP contribution in [0.25, 0.3) is 0 Å². The molecule has 18 heavy (non-hydrogen) atoms. The first kappa shape index (κ1) is 15.4. The first-order chi connectivity index (χ1) is 8.20. The summed E-state index contributed by atoms with van der Waals surface area (Å²) in [6, 6.07) is -0.0866. The molecular formula is C13H25N3OS. The first-order valence-corrected chi connectivity index (χ1v) is 6.97. The third-order valence-corrected chi connectivity index (χ3v) is 3.69. The molecule has 1 aliphatic heterocycles. The summed E-state index contributed by atoms with van der Waals surface area (Å²) in [5.41, 5.74) is 5.49. The summed E-state index contributed by atoms with van der Waals surface area (Å²) in [7, 11) is 0. The van der Waals surface area contributed by atoms with E-state index in [0.717, 1.165) is 25.9 Å². The molecule has 1 rings (SSSR count). The topological polar surface area (TPSA) is 58.4 Å². The molecule has 1 heterocycles. The SMILES string of the molecule is CC(C(=O)NC(C)(C)C)N1CCC(C(N)=S)CC1. The van der Waals surface area contributed by atoms with Gasteiger partial charge in [-0.15, -0.1) is 0 Å². The van der Waals surface area contributed by atoms with E-state index in [1.54, 1.807) is 0 Å². The predicted molar refractivity (Wildman–Crippen MR) is 78.4 cm³/mol. The number of thiocarbonyl (C=S) groups is 1. The van der Waals surface area contributed by atoms with Gasteiger partial charge in [0.2, 0.25) is 5.91 Å². The molecule has 0 bridgehead atoms. The number of carbonyl (C=O) groups excluding carboxylic acids is 1. The van der Waals surface area contributed by atoms with E-state index >= 15 is 0 Å². The number of nitrogens with one attached hydrogen (secondary N) is 1. The molecule has 1 saturated heterocycles. The van der Waals surface area contributed by atoms with Crippen LogP contribution in [0.15, 0.2) is 0 Å². The van der Waals surface area contributed by atoms with Crippen molar-refractivity contribution in [2.24, 2.45) is 11.7 Å². The van der Waals surface area contributed by atoms with Gasteiger partial charge in [-0.3, -0.25) is 9.69 Å². The third kappa shape index (κ3) is 4.53. The van der Waals surface area contributed by atoms with Crippen LogP contribution in [0.1, 0.15) is 40.5 Å². The van der Waals surface area contributed by atoms with Crippen LogP contribution < -0.4 is 11.1 Å². The summed E-state index contributed by atoms with van der Waals surface area (Å²) in [6.45, 7) is 9.73. The van der Waals surface area contributed by atoms with E-state index < -0.39 is 0 Å². The molecule has 0 aromatic heterocycles. The number of hydrogen-bond donors (Lipinski definition) is 2. The van der Waals surface area contributed by atoms with Crippen LogP contribution in [0.2, 0.25) is 0 Å². The van der Waals surface area contributed by atoms with E-state index in [1.807, 2.05) is 27.7 Å². The Morgan fingerprint density at radius 1 is 1.39 bits per heavy atom. The van der Waals surface area contributed by atoms with Crippen LogP contribution >= 0.6 is 12.2 Å². The van der Waals surface area contributed by atoms with Gasteiger partial charge in [-0.05, 0) is 53.6 Å². The van der Waals surface area contributed by atoms with E-state index in [-0.39, 0.29) is 17.5 Å². The largest absolute Gasteiger partial charge is 0.393 e. The number of carbonyl (C=O) groups is 1. The van der Waals surface area contributed by atoms with Gasteiger partial charge in [0, 0.05) is 11.5 Å². The van der Waals surface area contributed by atoms with Crippen LogP contribution in [-0.4, -0.2) is 40.5 Å². The summed E-state index contributed by atoms with van der Waals surface area (Å²) in [5.74, 6) is 0.436. The van der Waals surface area contributed by atoms with Crippen LogP contribution in [0.4, 0.5) is 0 Å². The quantitative estimate of drug-likeness (QED) is 0.759. The second-order valence-corrected chi connectivity index (χ2v) is 6.60. The smallest absolute Gasteiger partial charge is 0.237 e. The number of piperidine rings is 1. The highest BCUT2D eigenvalue weighted by molar-refractivity contribution is 7.80. The van der Waals surface area contributed by atoms with Crippen molar-refractivity contribution in [3.63, 3.8) is 0 Å². The number of rotatable bonds is 3. The molecule has 0 aromatic carbocycles. The summed E-state index contributed by atoms with van der Waals surface area (Å²) >= 11 is 5.02. The molecule has 1 unspecified atom stereocenters. The molecule has 0 aromatic rings. The minimum Gasteiger partial charge on any atom is -0.393 e. The van der Waals surface area contributed by atoms with Crippen LogP contribution in [0, 0.1) is 5.92 Å². The molecular weight excluding hydrogens is 246 g/mol. The zero-order valence-corrected chi connectivity index (χ0v) is 12.6. The Morgan fingerprint density at radius 2 is 1.89 bits per heavy atom. The lowest BCUT2D eigenvalue weighted by Crippen LogP contribution is -2.53. The molecule has 4 nitrogen and oxygen atoms in total. The summed E-state index contributed by atoms with van der Waals surface area (Å²) in [5, 5.41) is 3.02. The van der Waals surface area contributed by atoms with E-state index in [0.29, 0.717) is 10.9 Å². The Kier molecular flexibility index (Phi) is 5.10. The van der Waals surface area contributed by atoms with Gasteiger partial charge in [-0.25, -0.2) is 0 Å². The van der Waals surface area contributed by atoms with Gasteiger partial charge >= 0.3 is 0 Å². The predicted octanol–water partition coefficient (Wildman–Crippen LogP) is 1.29. The van der Waals surface area contributed by atoms with Gasteiger partial charge in [-0.1, -0.05) is 12.2 Å². The zero-order valence-electron chi connectivity index (χ0n) is 11.8. The Hall–Kier alpha value is -0.680. The van der Waals surface area contributed by atoms with Crippen molar-refractivity contribution in [2.45, 2.75) is 52.1 Å². The molecule has 0 radical (unpaired) electrons. The fourth-order valence-corrected chi connectivity index (χ4v) is 2.45. The summed E-state index contributed by atoms with van der Waals surface area (Å²) < 4.78 is 0. The van der Waals surface area contributed by atoms with Crippen molar-refractivity contribution in [1.82, 2.24) is 10.2 Å². The Balaban J connectivity index is 2.47. The fraction of sp³-hybridized carbons (Fsp3) is 0.846. The van der Waals surface area contributed by atoms with Crippen LogP contribution in [0.5, 0.6) is 0 Å². The zero-order chi connectivity index (χ0) is 13.9. The Bertz CT molecular complexity index is 317. The number of likely N-dealkylation sites (tertiary alicyclic amines) is 1. The van der Waals surface area contributed by atoms with Gasteiger partial charge in [0.15, 0.2) is 0 Å². The highest BCUT2D eigenvalue weighted by Gasteiger charge is 2.28. The lowest BCUT2D eigenvalue weighted by atomic mass is 9.95. The average molecular weight is 271 g/mol. The maximum absolute atomic E-state index is 12.1. The van der Waals surface area contributed by atoms with Crippen molar-refractivity contribution in [2.75, 3.05) is 13.1 Å². The minimum atomic E-state index is -0.178. The van der Waals surface area contributed by atoms with E-state index in [1.165, 1.54) is 0 Å². The van der Waals surface area contributed by atoms with Crippen LogP contribution in [0.3, 0.4) is 0 Å². The van der Waals surface area contributed by atoms with Gasteiger partial charge < -0.3 is 11.1 Å². The van der Waals surface area contributed by atoms with Crippen molar-refractivity contribution < 1.29 is 4.79 Å². The second kappa shape index (κ2) is 5.97. The number of hydrogen-bond acceptors (Lipinski definition) is 3. The first-order valence-electron chi connectivity index (χ1n) is 6.56. The van der Waals surface area contributed by atoms with Gasteiger partial charge in [-0.2, -0.15) is 0 Å². The molecule has 3 N–H and O–H groups in total. The maximum atomic E-state index is 12.1. The van der Waals surface area contributed by atoms with E-state index in [4.69, 9.17) is 18.0 Å². The lowest BCUT2D eigenvalue weighted by Gasteiger charge is -2.36. The average Bonchev–Trinajstić information content (AvgIpc) is 2.26. The minimum absolute atomic E-state index is 0.0866. The summed E-state index contributed by atoms with van der Waals surface area (Å²) in [6.07, 6.45) is 1.92. The molecule has 1 aliphatic rings. The highest BCUT2D eigenvalue weighted by Crippen LogP contribution is 2.19. The van der Waals surface area contributed by atoms with Crippen LogP contribution in [-0.2, 0) is 4.79 Å². The van der Waals surface area contributed by atoms with Crippen molar-refractivity contribution >= 4 is 23.1 Å².